The van der Waals surface area contributed by atoms with E-state index in [4.69, 9.17) is 4.74 Å². The van der Waals surface area contributed by atoms with Crippen LogP contribution in [0.5, 0.6) is 0 Å². The van der Waals surface area contributed by atoms with Crippen LogP contribution in [-0.2, 0) is 9.53 Å². The first-order valence-electron chi connectivity index (χ1n) is 7.13. The summed E-state index contributed by atoms with van der Waals surface area (Å²) in [5, 5.41) is 2.14. The lowest BCUT2D eigenvalue weighted by Crippen LogP contribution is -2.04. The maximum atomic E-state index is 12.3. The highest BCUT2D eigenvalue weighted by atomic mass is 16.5. The molecule has 0 heterocycles. The summed E-state index contributed by atoms with van der Waals surface area (Å²) in [5.74, 6) is -0.333. The normalized spacial score (nSPS) is 11.4. The second-order valence-corrected chi connectivity index (χ2v) is 4.99. The van der Waals surface area contributed by atoms with Crippen molar-refractivity contribution in [3.63, 3.8) is 0 Å². The first kappa shape index (κ1) is 14.1. The molecule has 0 amide bonds. The Labute approximate surface area is 129 Å². The van der Waals surface area contributed by atoms with Crippen molar-refractivity contribution in [3.8, 4) is 0 Å². The smallest absolute Gasteiger partial charge is 0.338 e. The van der Waals surface area contributed by atoms with Gasteiger partial charge >= 0.3 is 5.97 Å². The van der Waals surface area contributed by atoms with Gasteiger partial charge in [-0.1, -0.05) is 72.8 Å². The van der Waals surface area contributed by atoms with Crippen molar-refractivity contribution in [1.29, 1.82) is 0 Å². The molecular weight excluding hydrogens is 272 g/mol. The second kappa shape index (κ2) is 6.27. The van der Waals surface area contributed by atoms with Gasteiger partial charge in [-0.3, -0.25) is 0 Å². The number of carbonyl (C=O) groups excluding carboxylic acids is 1. The van der Waals surface area contributed by atoms with Crippen molar-refractivity contribution in [1.82, 2.24) is 0 Å². The summed E-state index contributed by atoms with van der Waals surface area (Å²) in [6.45, 7) is 0. The van der Waals surface area contributed by atoms with E-state index in [9.17, 15) is 4.79 Å². The van der Waals surface area contributed by atoms with Crippen LogP contribution in [0.2, 0.25) is 0 Å². The van der Waals surface area contributed by atoms with E-state index in [0.29, 0.717) is 5.57 Å². The Hall–Kier alpha value is -2.87. The third-order valence-electron chi connectivity index (χ3n) is 3.60. The zero-order valence-electron chi connectivity index (χ0n) is 12.3. The second-order valence-electron chi connectivity index (χ2n) is 4.99. The van der Waals surface area contributed by atoms with Crippen molar-refractivity contribution in [2.24, 2.45) is 0 Å². The van der Waals surface area contributed by atoms with Crippen molar-refractivity contribution in [3.05, 3.63) is 83.9 Å². The lowest BCUT2D eigenvalue weighted by Gasteiger charge is -2.10. The monoisotopic (exact) mass is 288 g/mol. The molecule has 0 spiro atoms. The summed E-state index contributed by atoms with van der Waals surface area (Å²) in [4.78, 5) is 12.3. The molecule has 0 bridgehead atoms. The Bertz CT molecular complexity index is 827. The zero-order chi connectivity index (χ0) is 15.4. The number of methoxy groups -OCH3 is 1. The van der Waals surface area contributed by atoms with Crippen LogP contribution in [0, 0.1) is 0 Å². The van der Waals surface area contributed by atoms with Crippen molar-refractivity contribution >= 4 is 28.4 Å². The third-order valence-corrected chi connectivity index (χ3v) is 3.60. The number of hydrogen-bond acceptors (Lipinski definition) is 2. The fourth-order valence-corrected chi connectivity index (χ4v) is 2.53. The van der Waals surface area contributed by atoms with Crippen LogP contribution in [0.25, 0.3) is 22.4 Å². The molecule has 0 fully saturated rings. The lowest BCUT2D eigenvalue weighted by molar-refractivity contribution is -0.133. The van der Waals surface area contributed by atoms with Gasteiger partial charge in [-0.2, -0.15) is 0 Å². The van der Waals surface area contributed by atoms with Gasteiger partial charge in [-0.25, -0.2) is 4.79 Å². The van der Waals surface area contributed by atoms with Gasteiger partial charge < -0.3 is 4.74 Å². The largest absolute Gasteiger partial charge is 0.465 e. The molecule has 0 saturated carbocycles. The Morgan fingerprint density at radius 2 is 1.55 bits per heavy atom. The van der Waals surface area contributed by atoms with E-state index in [1.165, 1.54) is 7.11 Å². The number of ether oxygens (including phenoxy) is 1. The quantitative estimate of drug-likeness (QED) is 0.401. The Balaban J connectivity index is 2.21. The van der Waals surface area contributed by atoms with Gasteiger partial charge in [-0.05, 0) is 28.0 Å². The van der Waals surface area contributed by atoms with E-state index < -0.39 is 0 Å². The molecule has 108 valence electrons. The number of esters is 1. The minimum Gasteiger partial charge on any atom is -0.465 e. The van der Waals surface area contributed by atoms with E-state index in [1.807, 2.05) is 78.9 Å². The van der Waals surface area contributed by atoms with Crippen LogP contribution < -0.4 is 0 Å². The van der Waals surface area contributed by atoms with Gasteiger partial charge in [0.05, 0.1) is 12.7 Å². The topological polar surface area (TPSA) is 26.3 Å². The van der Waals surface area contributed by atoms with Crippen molar-refractivity contribution < 1.29 is 9.53 Å². The molecule has 0 N–H and O–H groups in total. The summed E-state index contributed by atoms with van der Waals surface area (Å²) in [6, 6.07) is 23.8. The van der Waals surface area contributed by atoms with Gasteiger partial charge in [0.2, 0.25) is 0 Å². The number of benzene rings is 3. The minimum absolute atomic E-state index is 0.333. The van der Waals surface area contributed by atoms with Crippen LogP contribution in [0.1, 0.15) is 11.1 Å². The molecule has 0 saturated heterocycles. The zero-order valence-corrected chi connectivity index (χ0v) is 12.3. The summed E-state index contributed by atoms with van der Waals surface area (Å²) in [7, 11) is 1.41. The van der Waals surface area contributed by atoms with E-state index in [1.54, 1.807) is 0 Å². The molecule has 3 aromatic carbocycles. The molecule has 2 heteroatoms. The van der Waals surface area contributed by atoms with Crippen LogP contribution in [-0.4, -0.2) is 13.1 Å². The van der Waals surface area contributed by atoms with Crippen molar-refractivity contribution in [2.75, 3.05) is 7.11 Å². The maximum Gasteiger partial charge on any atom is 0.338 e. The maximum absolute atomic E-state index is 12.3. The molecule has 0 aromatic heterocycles. The molecule has 0 aliphatic heterocycles. The molecule has 0 aliphatic carbocycles. The molecule has 0 unspecified atom stereocenters. The number of carbonyl (C=O) groups is 1. The van der Waals surface area contributed by atoms with Gasteiger partial charge in [0, 0.05) is 0 Å². The highest BCUT2D eigenvalue weighted by Gasteiger charge is 2.15. The molecule has 2 nitrogen and oxygen atoms in total. The summed E-state index contributed by atoms with van der Waals surface area (Å²) in [5.41, 5.74) is 2.41. The van der Waals surface area contributed by atoms with E-state index in [-0.39, 0.29) is 5.97 Å². The first-order valence-corrected chi connectivity index (χ1v) is 7.13. The summed E-state index contributed by atoms with van der Waals surface area (Å²) in [6.07, 6.45) is 1.87. The molecular formula is C20H16O2. The number of hydrogen-bond donors (Lipinski definition) is 0. The SMILES string of the molecule is COC(=O)/C(=C/c1ccccc1)c1cccc2ccccc12. The molecule has 22 heavy (non-hydrogen) atoms. The van der Waals surface area contributed by atoms with E-state index >= 15 is 0 Å². The fourth-order valence-electron chi connectivity index (χ4n) is 2.53. The van der Waals surface area contributed by atoms with E-state index in [2.05, 4.69) is 0 Å². The Morgan fingerprint density at radius 1 is 0.864 bits per heavy atom. The van der Waals surface area contributed by atoms with Crippen molar-refractivity contribution in [2.45, 2.75) is 0 Å². The van der Waals surface area contributed by atoms with Gasteiger partial charge in [0.25, 0.3) is 0 Å². The Kier molecular flexibility index (Phi) is 4.01. The molecule has 0 aliphatic rings. The average molecular weight is 288 g/mol. The van der Waals surface area contributed by atoms with Crippen LogP contribution in [0.15, 0.2) is 72.8 Å². The predicted octanol–water partition coefficient (Wildman–Crippen LogP) is 4.55. The standard InChI is InChI=1S/C20H16O2/c1-22-20(21)19(14-15-8-3-2-4-9-15)18-13-7-11-16-10-5-6-12-17(16)18/h2-14H,1H3/b19-14+. The van der Waals surface area contributed by atoms with Crippen LogP contribution in [0.4, 0.5) is 0 Å². The minimum atomic E-state index is -0.333. The lowest BCUT2D eigenvalue weighted by atomic mass is 9.96. The predicted molar refractivity (Wildman–Crippen MR) is 90.3 cm³/mol. The van der Waals surface area contributed by atoms with Crippen LogP contribution >= 0.6 is 0 Å². The summed E-state index contributed by atoms with van der Waals surface area (Å²) >= 11 is 0. The van der Waals surface area contributed by atoms with Gasteiger partial charge in [0.1, 0.15) is 0 Å². The Morgan fingerprint density at radius 3 is 2.32 bits per heavy atom. The highest BCUT2D eigenvalue weighted by molar-refractivity contribution is 6.24. The summed E-state index contributed by atoms with van der Waals surface area (Å²) < 4.78 is 4.98. The number of fused-ring (bicyclic) bond motifs is 1. The van der Waals surface area contributed by atoms with Crippen LogP contribution in [0.3, 0.4) is 0 Å². The molecule has 3 rings (SSSR count). The van der Waals surface area contributed by atoms with E-state index in [0.717, 1.165) is 21.9 Å². The third kappa shape index (κ3) is 2.77. The van der Waals surface area contributed by atoms with Gasteiger partial charge in [0.15, 0.2) is 0 Å². The molecule has 3 aromatic rings. The molecule has 0 radical (unpaired) electrons. The van der Waals surface area contributed by atoms with Gasteiger partial charge in [-0.15, -0.1) is 0 Å². The number of rotatable bonds is 3. The average Bonchev–Trinajstić information content (AvgIpc) is 2.59. The highest BCUT2D eigenvalue weighted by Crippen LogP contribution is 2.27. The molecule has 0 atom stereocenters. The fraction of sp³-hybridized carbons (Fsp3) is 0.0500. The first-order chi connectivity index (χ1) is 10.8.